The number of hydrogen-bond donors (Lipinski definition) is 3. The van der Waals surface area contributed by atoms with E-state index >= 15 is 0 Å². The van der Waals surface area contributed by atoms with Crippen LogP contribution in [-0.2, 0) is 6.42 Å². The summed E-state index contributed by atoms with van der Waals surface area (Å²) >= 11 is 0. The van der Waals surface area contributed by atoms with Crippen molar-refractivity contribution < 1.29 is 5.11 Å². The standard InChI is InChI=1S/C15H15N3O/c16-14(10-3-5-17-6-4-10)7-11-9-18-15-2-1-12(19)8-13(11)15/h1-6,8-9,14,18-19H,7,16H2. The number of phenolic OH excluding ortho intramolecular Hbond substituents is 1. The molecular formula is C15H15N3O. The van der Waals surface area contributed by atoms with Crippen LogP contribution in [0.4, 0.5) is 0 Å². The van der Waals surface area contributed by atoms with Gasteiger partial charge in [-0.05, 0) is 47.9 Å². The van der Waals surface area contributed by atoms with Crippen molar-refractivity contribution in [2.75, 3.05) is 0 Å². The number of nitrogens with one attached hydrogen (secondary N) is 1. The zero-order chi connectivity index (χ0) is 13.2. The van der Waals surface area contributed by atoms with E-state index in [0.29, 0.717) is 6.42 Å². The molecule has 0 saturated carbocycles. The number of nitrogens with zero attached hydrogens (tertiary/aromatic N) is 1. The zero-order valence-corrected chi connectivity index (χ0v) is 10.4. The van der Waals surface area contributed by atoms with Crippen molar-refractivity contribution in [2.45, 2.75) is 12.5 Å². The maximum atomic E-state index is 9.57. The summed E-state index contributed by atoms with van der Waals surface area (Å²) < 4.78 is 0. The molecule has 96 valence electrons. The van der Waals surface area contributed by atoms with Crippen LogP contribution in [0.15, 0.2) is 48.9 Å². The van der Waals surface area contributed by atoms with Crippen LogP contribution in [0, 0.1) is 0 Å². The van der Waals surface area contributed by atoms with Crippen LogP contribution in [0.5, 0.6) is 5.75 Å². The van der Waals surface area contributed by atoms with Gasteiger partial charge in [0.2, 0.25) is 0 Å². The molecule has 0 radical (unpaired) electrons. The molecule has 0 fully saturated rings. The first-order valence-corrected chi connectivity index (χ1v) is 6.18. The van der Waals surface area contributed by atoms with Gasteiger partial charge in [-0.15, -0.1) is 0 Å². The van der Waals surface area contributed by atoms with E-state index in [-0.39, 0.29) is 11.8 Å². The summed E-state index contributed by atoms with van der Waals surface area (Å²) in [5, 5.41) is 10.6. The Morgan fingerprint density at radius 1 is 1.21 bits per heavy atom. The third-order valence-electron chi connectivity index (χ3n) is 3.33. The monoisotopic (exact) mass is 253 g/mol. The van der Waals surface area contributed by atoms with E-state index in [0.717, 1.165) is 22.0 Å². The summed E-state index contributed by atoms with van der Waals surface area (Å²) in [5.41, 5.74) is 9.39. The van der Waals surface area contributed by atoms with Gasteiger partial charge in [-0.2, -0.15) is 0 Å². The van der Waals surface area contributed by atoms with E-state index in [1.54, 1.807) is 24.5 Å². The minimum absolute atomic E-state index is 0.0793. The number of hydrogen-bond acceptors (Lipinski definition) is 3. The highest BCUT2D eigenvalue weighted by Crippen LogP contribution is 2.26. The van der Waals surface area contributed by atoms with Crippen molar-refractivity contribution in [2.24, 2.45) is 5.73 Å². The molecule has 2 aromatic heterocycles. The molecule has 3 aromatic rings. The fourth-order valence-corrected chi connectivity index (χ4v) is 2.30. The number of phenols is 1. The lowest BCUT2D eigenvalue weighted by atomic mass is 10.0. The van der Waals surface area contributed by atoms with Gasteiger partial charge in [-0.25, -0.2) is 0 Å². The Balaban J connectivity index is 1.91. The Labute approximate surface area is 110 Å². The number of pyridine rings is 1. The van der Waals surface area contributed by atoms with E-state index in [1.165, 1.54) is 0 Å². The van der Waals surface area contributed by atoms with E-state index in [9.17, 15) is 5.11 Å². The molecule has 0 saturated heterocycles. The average Bonchev–Trinajstić information content (AvgIpc) is 2.82. The SMILES string of the molecule is NC(Cc1c[nH]c2ccc(O)cc12)c1ccncc1. The topological polar surface area (TPSA) is 74.9 Å². The molecule has 3 rings (SSSR count). The summed E-state index contributed by atoms with van der Waals surface area (Å²) in [4.78, 5) is 7.18. The largest absolute Gasteiger partial charge is 0.508 e. The predicted molar refractivity (Wildman–Crippen MR) is 74.8 cm³/mol. The first kappa shape index (κ1) is 11.7. The first-order chi connectivity index (χ1) is 9.24. The van der Waals surface area contributed by atoms with Crippen LogP contribution in [-0.4, -0.2) is 15.1 Å². The van der Waals surface area contributed by atoms with Crippen molar-refractivity contribution in [1.82, 2.24) is 9.97 Å². The maximum absolute atomic E-state index is 9.57. The molecule has 0 aliphatic rings. The highest BCUT2D eigenvalue weighted by molar-refractivity contribution is 5.84. The number of nitrogens with two attached hydrogens (primary N) is 1. The summed E-state index contributed by atoms with van der Waals surface area (Å²) in [5.74, 6) is 0.269. The Morgan fingerprint density at radius 3 is 2.79 bits per heavy atom. The molecule has 4 heteroatoms. The highest BCUT2D eigenvalue weighted by Gasteiger charge is 2.11. The molecular weight excluding hydrogens is 238 g/mol. The van der Waals surface area contributed by atoms with Gasteiger partial charge >= 0.3 is 0 Å². The third-order valence-corrected chi connectivity index (χ3v) is 3.33. The van der Waals surface area contributed by atoms with E-state index in [1.807, 2.05) is 24.4 Å². The molecule has 1 aromatic carbocycles. The summed E-state index contributed by atoms with van der Waals surface area (Å²) in [6.07, 6.45) is 6.16. The molecule has 0 amide bonds. The predicted octanol–water partition coefficient (Wildman–Crippen LogP) is 2.51. The number of aromatic hydroxyl groups is 1. The number of fused-ring (bicyclic) bond motifs is 1. The molecule has 0 aliphatic carbocycles. The Kier molecular flexibility index (Phi) is 2.93. The van der Waals surface area contributed by atoms with Gasteiger partial charge in [0.1, 0.15) is 5.75 Å². The first-order valence-electron chi connectivity index (χ1n) is 6.18. The second kappa shape index (κ2) is 4.74. The van der Waals surface area contributed by atoms with Crippen LogP contribution in [0.3, 0.4) is 0 Å². The molecule has 1 unspecified atom stereocenters. The van der Waals surface area contributed by atoms with Crippen LogP contribution in [0.1, 0.15) is 17.2 Å². The smallest absolute Gasteiger partial charge is 0.116 e. The van der Waals surface area contributed by atoms with Gasteiger partial charge in [-0.1, -0.05) is 0 Å². The van der Waals surface area contributed by atoms with Crippen molar-refractivity contribution >= 4 is 10.9 Å². The quantitative estimate of drug-likeness (QED) is 0.671. The van der Waals surface area contributed by atoms with Crippen molar-refractivity contribution in [3.63, 3.8) is 0 Å². The molecule has 0 spiro atoms. The average molecular weight is 253 g/mol. The van der Waals surface area contributed by atoms with Gasteiger partial charge in [0.25, 0.3) is 0 Å². The zero-order valence-electron chi connectivity index (χ0n) is 10.4. The Bertz CT molecular complexity index is 691. The second-order valence-electron chi connectivity index (χ2n) is 4.63. The second-order valence-corrected chi connectivity index (χ2v) is 4.63. The van der Waals surface area contributed by atoms with Crippen molar-refractivity contribution in [1.29, 1.82) is 0 Å². The van der Waals surface area contributed by atoms with Crippen LogP contribution >= 0.6 is 0 Å². The van der Waals surface area contributed by atoms with Gasteiger partial charge < -0.3 is 15.8 Å². The fourth-order valence-electron chi connectivity index (χ4n) is 2.30. The number of benzene rings is 1. The van der Waals surface area contributed by atoms with Gasteiger partial charge in [0, 0.05) is 35.5 Å². The molecule has 4 N–H and O–H groups in total. The van der Waals surface area contributed by atoms with Crippen molar-refractivity contribution in [3.8, 4) is 5.75 Å². The third kappa shape index (κ3) is 2.30. The fraction of sp³-hybridized carbons (Fsp3) is 0.133. The van der Waals surface area contributed by atoms with E-state index < -0.39 is 0 Å². The summed E-state index contributed by atoms with van der Waals surface area (Å²) in [6, 6.07) is 9.08. The lowest BCUT2D eigenvalue weighted by molar-refractivity contribution is 0.476. The molecule has 0 bridgehead atoms. The van der Waals surface area contributed by atoms with Crippen molar-refractivity contribution in [3.05, 3.63) is 60.0 Å². The van der Waals surface area contributed by atoms with Crippen LogP contribution in [0.2, 0.25) is 0 Å². The van der Waals surface area contributed by atoms with Gasteiger partial charge in [0.15, 0.2) is 0 Å². The molecule has 4 nitrogen and oxygen atoms in total. The summed E-state index contributed by atoms with van der Waals surface area (Å²) in [7, 11) is 0. The minimum Gasteiger partial charge on any atom is -0.508 e. The Hall–Kier alpha value is -2.33. The van der Waals surface area contributed by atoms with E-state index in [2.05, 4.69) is 9.97 Å². The number of aromatic amines is 1. The summed E-state index contributed by atoms with van der Waals surface area (Å²) in [6.45, 7) is 0. The molecule has 2 heterocycles. The minimum atomic E-state index is -0.0793. The van der Waals surface area contributed by atoms with Gasteiger partial charge in [-0.3, -0.25) is 4.98 Å². The van der Waals surface area contributed by atoms with E-state index in [4.69, 9.17) is 5.73 Å². The maximum Gasteiger partial charge on any atom is 0.116 e. The molecule has 1 atom stereocenters. The lowest BCUT2D eigenvalue weighted by Crippen LogP contribution is -2.13. The number of rotatable bonds is 3. The Morgan fingerprint density at radius 2 is 2.00 bits per heavy atom. The van der Waals surface area contributed by atoms with Crippen LogP contribution in [0.25, 0.3) is 10.9 Å². The number of H-pyrrole nitrogens is 1. The number of aromatic nitrogens is 2. The van der Waals surface area contributed by atoms with Gasteiger partial charge in [0.05, 0.1) is 0 Å². The lowest BCUT2D eigenvalue weighted by Gasteiger charge is -2.11. The normalized spacial score (nSPS) is 12.7. The molecule has 0 aliphatic heterocycles. The molecule has 19 heavy (non-hydrogen) atoms. The van der Waals surface area contributed by atoms with Crippen LogP contribution < -0.4 is 5.73 Å². The highest BCUT2D eigenvalue weighted by atomic mass is 16.3.